The third-order valence-electron chi connectivity index (χ3n) is 3.42. The Bertz CT molecular complexity index is 320. The molecular formula is C11H17Cl2N3. The molecule has 0 saturated carbocycles. The molecule has 0 bridgehead atoms. The monoisotopic (exact) mass is 261 g/mol. The van der Waals surface area contributed by atoms with E-state index in [1.54, 1.807) is 0 Å². The van der Waals surface area contributed by atoms with E-state index in [1.807, 2.05) is 18.5 Å². The summed E-state index contributed by atoms with van der Waals surface area (Å²) in [6.07, 6.45) is 5.14. The van der Waals surface area contributed by atoms with Crippen molar-refractivity contribution >= 4 is 30.5 Å². The standard InChI is InChI=1S/C11H15N3.2ClH/c1-2-10(7-12-4-1)14-5-3-9-6-13-8-11(9)14;;/h1-2,4,7,9,11,13H,3,5-6,8H2;2*1H/t9-,11+;;/m0../s1. The topological polar surface area (TPSA) is 28.2 Å². The third kappa shape index (κ3) is 2.26. The Morgan fingerprint density at radius 1 is 1.31 bits per heavy atom. The van der Waals surface area contributed by atoms with Crippen LogP contribution in [0.3, 0.4) is 0 Å². The molecule has 1 aromatic rings. The summed E-state index contributed by atoms with van der Waals surface area (Å²) in [6.45, 7) is 3.53. The molecule has 5 heteroatoms. The van der Waals surface area contributed by atoms with Crippen LogP contribution in [0.1, 0.15) is 6.42 Å². The summed E-state index contributed by atoms with van der Waals surface area (Å²) in [6, 6.07) is 4.89. The molecule has 3 heterocycles. The van der Waals surface area contributed by atoms with Gasteiger partial charge in [-0.2, -0.15) is 0 Å². The Balaban J connectivity index is 0.000000640. The van der Waals surface area contributed by atoms with E-state index in [9.17, 15) is 0 Å². The summed E-state index contributed by atoms with van der Waals surface area (Å²) in [5.74, 6) is 0.857. The van der Waals surface area contributed by atoms with Gasteiger partial charge in [0.25, 0.3) is 0 Å². The maximum atomic E-state index is 4.18. The maximum Gasteiger partial charge on any atom is 0.0555 e. The van der Waals surface area contributed by atoms with Crippen LogP contribution in [-0.4, -0.2) is 30.7 Å². The van der Waals surface area contributed by atoms with Crippen LogP contribution in [-0.2, 0) is 0 Å². The second kappa shape index (κ2) is 5.71. The first-order valence-corrected chi connectivity index (χ1v) is 5.32. The van der Waals surface area contributed by atoms with Gasteiger partial charge in [0.2, 0.25) is 0 Å². The van der Waals surface area contributed by atoms with Crippen LogP contribution in [0, 0.1) is 5.92 Å². The summed E-state index contributed by atoms with van der Waals surface area (Å²) < 4.78 is 0. The first kappa shape index (κ1) is 13.6. The molecule has 90 valence electrons. The highest BCUT2D eigenvalue weighted by Gasteiger charge is 2.37. The van der Waals surface area contributed by atoms with Crippen molar-refractivity contribution in [3.05, 3.63) is 24.5 Å². The smallest absolute Gasteiger partial charge is 0.0555 e. The molecular weight excluding hydrogens is 245 g/mol. The van der Waals surface area contributed by atoms with Crippen molar-refractivity contribution < 1.29 is 0 Å². The molecule has 0 spiro atoms. The van der Waals surface area contributed by atoms with E-state index >= 15 is 0 Å². The lowest BCUT2D eigenvalue weighted by atomic mass is 10.1. The fraction of sp³-hybridized carbons (Fsp3) is 0.545. The average molecular weight is 262 g/mol. The molecule has 3 rings (SSSR count). The highest BCUT2D eigenvalue weighted by molar-refractivity contribution is 5.85. The van der Waals surface area contributed by atoms with E-state index in [0.717, 1.165) is 12.5 Å². The largest absolute Gasteiger partial charge is 0.366 e. The van der Waals surface area contributed by atoms with Gasteiger partial charge in [-0.25, -0.2) is 0 Å². The molecule has 0 aromatic carbocycles. The first-order chi connectivity index (χ1) is 6.95. The summed E-state index contributed by atoms with van der Waals surface area (Å²) in [5, 5.41) is 3.46. The summed E-state index contributed by atoms with van der Waals surface area (Å²) >= 11 is 0. The van der Waals surface area contributed by atoms with Gasteiger partial charge in [0.15, 0.2) is 0 Å². The van der Waals surface area contributed by atoms with E-state index in [2.05, 4.69) is 21.3 Å². The number of anilines is 1. The van der Waals surface area contributed by atoms with Gasteiger partial charge in [0.05, 0.1) is 11.9 Å². The second-order valence-electron chi connectivity index (χ2n) is 4.18. The molecule has 2 atom stereocenters. The van der Waals surface area contributed by atoms with Crippen LogP contribution >= 0.6 is 24.8 Å². The lowest BCUT2D eigenvalue weighted by Gasteiger charge is -2.25. The van der Waals surface area contributed by atoms with Crippen molar-refractivity contribution in [1.82, 2.24) is 10.3 Å². The molecule has 3 nitrogen and oxygen atoms in total. The highest BCUT2D eigenvalue weighted by Crippen LogP contribution is 2.31. The van der Waals surface area contributed by atoms with E-state index < -0.39 is 0 Å². The van der Waals surface area contributed by atoms with Gasteiger partial charge in [-0.3, -0.25) is 4.98 Å². The summed E-state index contributed by atoms with van der Waals surface area (Å²) in [5.41, 5.74) is 1.28. The van der Waals surface area contributed by atoms with Crippen molar-refractivity contribution in [1.29, 1.82) is 0 Å². The minimum absolute atomic E-state index is 0. The molecule has 0 radical (unpaired) electrons. The van der Waals surface area contributed by atoms with Crippen LogP contribution in [0.15, 0.2) is 24.5 Å². The van der Waals surface area contributed by atoms with Crippen LogP contribution in [0.25, 0.3) is 0 Å². The number of rotatable bonds is 1. The molecule has 0 unspecified atom stereocenters. The summed E-state index contributed by atoms with van der Waals surface area (Å²) in [7, 11) is 0. The van der Waals surface area contributed by atoms with E-state index in [-0.39, 0.29) is 24.8 Å². The minimum atomic E-state index is 0. The number of nitrogens with zero attached hydrogens (tertiary/aromatic N) is 2. The van der Waals surface area contributed by atoms with Crippen LogP contribution < -0.4 is 10.2 Å². The lowest BCUT2D eigenvalue weighted by molar-refractivity contribution is 0.578. The zero-order valence-corrected chi connectivity index (χ0v) is 10.6. The number of halogens is 2. The average Bonchev–Trinajstić information content (AvgIpc) is 2.79. The molecule has 2 fully saturated rings. The fourth-order valence-corrected chi connectivity index (χ4v) is 2.69. The predicted octanol–water partition coefficient (Wildman–Crippen LogP) is 1.72. The van der Waals surface area contributed by atoms with Gasteiger partial charge in [0.1, 0.15) is 0 Å². The number of nitrogens with one attached hydrogen (secondary N) is 1. The lowest BCUT2D eigenvalue weighted by Crippen LogP contribution is -2.34. The Hall–Kier alpha value is -0.510. The molecule has 1 N–H and O–H groups in total. The maximum absolute atomic E-state index is 4.18. The van der Waals surface area contributed by atoms with Crippen LogP contribution in [0.5, 0.6) is 0 Å². The van der Waals surface area contributed by atoms with Gasteiger partial charge < -0.3 is 10.2 Å². The molecule has 0 amide bonds. The molecule has 1 aromatic heterocycles. The Labute approximate surface area is 108 Å². The van der Waals surface area contributed by atoms with Gasteiger partial charge in [-0.15, -0.1) is 24.8 Å². The Morgan fingerprint density at radius 3 is 2.94 bits per heavy atom. The minimum Gasteiger partial charge on any atom is -0.366 e. The fourth-order valence-electron chi connectivity index (χ4n) is 2.69. The van der Waals surface area contributed by atoms with Crippen molar-refractivity contribution in [2.45, 2.75) is 12.5 Å². The van der Waals surface area contributed by atoms with Crippen LogP contribution in [0.4, 0.5) is 5.69 Å². The molecule has 0 aliphatic carbocycles. The van der Waals surface area contributed by atoms with Gasteiger partial charge in [-0.05, 0) is 24.5 Å². The van der Waals surface area contributed by atoms with Gasteiger partial charge in [0, 0.05) is 31.9 Å². The van der Waals surface area contributed by atoms with E-state index in [1.165, 1.54) is 25.2 Å². The number of pyridine rings is 1. The highest BCUT2D eigenvalue weighted by atomic mass is 35.5. The molecule has 2 aliphatic heterocycles. The van der Waals surface area contributed by atoms with Gasteiger partial charge >= 0.3 is 0 Å². The molecule has 2 saturated heterocycles. The predicted molar refractivity (Wildman–Crippen MR) is 70.8 cm³/mol. The van der Waals surface area contributed by atoms with E-state index in [0.29, 0.717) is 6.04 Å². The SMILES string of the molecule is Cl.Cl.c1cncc(N2CC[C@H]3CNC[C@H]32)c1. The first-order valence-electron chi connectivity index (χ1n) is 5.32. The second-order valence-corrected chi connectivity index (χ2v) is 4.18. The van der Waals surface area contributed by atoms with Crippen molar-refractivity contribution in [2.24, 2.45) is 5.92 Å². The number of fused-ring (bicyclic) bond motifs is 1. The zero-order valence-electron chi connectivity index (χ0n) is 9.00. The zero-order chi connectivity index (χ0) is 9.38. The van der Waals surface area contributed by atoms with Crippen molar-refractivity contribution in [3.8, 4) is 0 Å². The van der Waals surface area contributed by atoms with Crippen molar-refractivity contribution in [2.75, 3.05) is 24.5 Å². The summed E-state index contributed by atoms with van der Waals surface area (Å²) in [4.78, 5) is 6.68. The van der Waals surface area contributed by atoms with Crippen molar-refractivity contribution in [3.63, 3.8) is 0 Å². The van der Waals surface area contributed by atoms with E-state index in [4.69, 9.17) is 0 Å². The Kier molecular flexibility index (Phi) is 4.84. The molecule has 16 heavy (non-hydrogen) atoms. The number of hydrogen-bond acceptors (Lipinski definition) is 3. The van der Waals surface area contributed by atoms with Gasteiger partial charge in [-0.1, -0.05) is 0 Å². The van der Waals surface area contributed by atoms with Crippen LogP contribution in [0.2, 0.25) is 0 Å². The quantitative estimate of drug-likeness (QED) is 0.835. The number of aromatic nitrogens is 1. The Morgan fingerprint density at radius 2 is 2.19 bits per heavy atom. The third-order valence-corrected chi connectivity index (χ3v) is 3.42. The molecule has 2 aliphatic rings. The normalized spacial score (nSPS) is 26.9. The number of hydrogen-bond donors (Lipinski definition) is 1.